The Bertz CT molecular complexity index is 995. The van der Waals surface area contributed by atoms with Crippen molar-refractivity contribution in [3.05, 3.63) is 40.8 Å². The first-order valence-electron chi connectivity index (χ1n) is 11.5. The van der Waals surface area contributed by atoms with Gasteiger partial charge in [-0.1, -0.05) is 75.3 Å². The molecule has 0 saturated carbocycles. The van der Waals surface area contributed by atoms with Gasteiger partial charge in [-0.2, -0.15) is 0 Å². The number of thioether (sulfide) groups is 1. The van der Waals surface area contributed by atoms with Crippen LogP contribution in [0.4, 0.5) is 5.82 Å². The summed E-state index contributed by atoms with van der Waals surface area (Å²) in [6.45, 7) is 7.24. The van der Waals surface area contributed by atoms with Gasteiger partial charge in [-0.3, -0.25) is 9.69 Å². The molecule has 3 heterocycles. The predicted octanol–water partition coefficient (Wildman–Crippen LogP) is 6.25. The highest BCUT2D eigenvalue weighted by molar-refractivity contribution is 8.26. The highest BCUT2D eigenvalue weighted by Gasteiger charge is 2.32. The van der Waals surface area contributed by atoms with Gasteiger partial charge in [0.05, 0.1) is 10.4 Å². The highest BCUT2D eigenvalue weighted by Crippen LogP contribution is 2.36. The molecule has 2 aromatic rings. The van der Waals surface area contributed by atoms with E-state index in [9.17, 15) is 4.79 Å². The van der Waals surface area contributed by atoms with Crippen LogP contribution in [0.3, 0.4) is 0 Å². The molecule has 6 heteroatoms. The summed E-state index contributed by atoms with van der Waals surface area (Å²) in [6, 6.07) is 10.4. The van der Waals surface area contributed by atoms with E-state index in [1.807, 2.05) is 18.2 Å². The van der Waals surface area contributed by atoms with Crippen LogP contribution in [-0.4, -0.2) is 39.7 Å². The number of fused-ring (bicyclic) bond motifs is 1. The van der Waals surface area contributed by atoms with Crippen LogP contribution in [0.1, 0.15) is 57.9 Å². The molecule has 0 radical (unpaired) electrons. The van der Waals surface area contributed by atoms with E-state index < -0.39 is 0 Å². The smallest absolute Gasteiger partial charge is 0.266 e. The molecule has 1 aromatic heterocycles. The third kappa shape index (κ3) is 5.12. The maximum atomic E-state index is 13.1. The molecule has 0 atom stereocenters. The number of carbonyl (C=O) groups is 1. The van der Waals surface area contributed by atoms with E-state index in [1.54, 1.807) is 4.90 Å². The van der Waals surface area contributed by atoms with Crippen molar-refractivity contribution >= 4 is 57.0 Å². The van der Waals surface area contributed by atoms with E-state index in [4.69, 9.17) is 17.2 Å². The number of rotatable bonds is 7. The van der Waals surface area contributed by atoms with Gasteiger partial charge in [0.2, 0.25) is 0 Å². The number of thiocarbonyl (C=S) groups is 1. The van der Waals surface area contributed by atoms with Crippen molar-refractivity contribution in [3.63, 3.8) is 0 Å². The maximum absolute atomic E-state index is 13.1. The summed E-state index contributed by atoms with van der Waals surface area (Å²) >= 11 is 6.96. The fourth-order valence-corrected chi connectivity index (χ4v) is 5.53. The van der Waals surface area contributed by atoms with Gasteiger partial charge < -0.3 is 4.90 Å². The fraction of sp³-hybridized carbons (Fsp3) is 0.480. The van der Waals surface area contributed by atoms with Gasteiger partial charge in [-0.15, -0.1) is 0 Å². The average Bonchev–Trinajstić information content (AvgIpc) is 3.04. The van der Waals surface area contributed by atoms with Crippen LogP contribution < -0.4 is 4.90 Å². The Kier molecular flexibility index (Phi) is 7.28. The summed E-state index contributed by atoms with van der Waals surface area (Å²) < 4.78 is 0.676. The summed E-state index contributed by atoms with van der Waals surface area (Å²) in [6.07, 6.45) is 8.89. The second kappa shape index (κ2) is 10.1. The number of carbonyl (C=O) groups excluding carboxylic acids is 1. The molecular formula is C25H31N3OS2. The van der Waals surface area contributed by atoms with Crippen molar-refractivity contribution in [2.45, 2.75) is 52.4 Å². The average molecular weight is 454 g/mol. The van der Waals surface area contributed by atoms with Gasteiger partial charge in [-0.25, -0.2) is 4.98 Å². The Morgan fingerprint density at radius 3 is 2.74 bits per heavy atom. The molecule has 2 aliphatic rings. The Morgan fingerprint density at radius 2 is 1.97 bits per heavy atom. The normalized spacial score (nSPS) is 19.2. The molecule has 4 rings (SSSR count). The molecule has 0 spiro atoms. The van der Waals surface area contributed by atoms with Gasteiger partial charge in [0.1, 0.15) is 10.1 Å². The molecule has 4 nitrogen and oxygen atoms in total. The minimum atomic E-state index is 0.0397. The molecule has 1 amide bonds. The molecule has 0 aliphatic carbocycles. The third-order valence-corrected chi connectivity index (χ3v) is 7.59. The van der Waals surface area contributed by atoms with Gasteiger partial charge >= 0.3 is 0 Å². The van der Waals surface area contributed by atoms with Crippen LogP contribution in [0.25, 0.3) is 17.0 Å². The Morgan fingerprint density at radius 1 is 1.19 bits per heavy atom. The first-order chi connectivity index (χ1) is 15.1. The number of unbranched alkanes of at least 4 members (excludes halogenated alkanes) is 3. The van der Waals surface area contributed by atoms with Crippen molar-refractivity contribution in [3.8, 4) is 0 Å². The first kappa shape index (κ1) is 22.3. The van der Waals surface area contributed by atoms with Gasteiger partial charge in [0.25, 0.3) is 5.91 Å². The molecule has 2 saturated heterocycles. The summed E-state index contributed by atoms with van der Waals surface area (Å²) in [4.78, 5) is 23.0. The quantitative estimate of drug-likeness (QED) is 0.281. The van der Waals surface area contributed by atoms with Crippen LogP contribution in [0, 0.1) is 5.92 Å². The second-order valence-electron chi connectivity index (χ2n) is 8.66. The lowest BCUT2D eigenvalue weighted by Crippen LogP contribution is -2.34. The molecule has 0 bridgehead atoms. The minimum Gasteiger partial charge on any atom is -0.356 e. The Hall–Kier alpha value is -1.92. The largest absolute Gasteiger partial charge is 0.356 e. The zero-order chi connectivity index (χ0) is 21.8. The number of para-hydroxylation sites is 1. The van der Waals surface area contributed by atoms with E-state index in [2.05, 4.69) is 36.9 Å². The van der Waals surface area contributed by atoms with Gasteiger partial charge in [-0.05, 0) is 43.4 Å². The number of amides is 1. The molecule has 2 aliphatic heterocycles. The molecule has 31 heavy (non-hydrogen) atoms. The molecule has 1 aromatic carbocycles. The number of benzene rings is 1. The molecule has 0 N–H and O–H groups in total. The topological polar surface area (TPSA) is 36.4 Å². The number of pyridine rings is 1. The van der Waals surface area contributed by atoms with Crippen LogP contribution in [0.5, 0.6) is 0 Å². The van der Waals surface area contributed by atoms with Crippen molar-refractivity contribution in [1.29, 1.82) is 0 Å². The number of piperidine rings is 1. The number of nitrogens with zero attached hydrogens (tertiary/aromatic N) is 3. The molecule has 2 fully saturated rings. The third-order valence-electron chi connectivity index (χ3n) is 6.21. The zero-order valence-electron chi connectivity index (χ0n) is 18.5. The zero-order valence-corrected chi connectivity index (χ0v) is 20.1. The van der Waals surface area contributed by atoms with Crippen molar-refractivity contribution in [2.24, 2.45) is 5.92 Å². The van der Waals surface area contributed by atoms with Crippen LogP contribution in [0.2, 0.25) is 0 Å². The SMILES string of the molecule is CCCCCCN1C(=O)/C(=C/c2cc3ccccc3nc2N2CCC(C)CC2)SC1=S. The molecular weight excluding hydrogens is 422 g/mol. The predicted molar refractivity (Wildman–Crippen MR) is 136 cm³/mol. The lowest BCUT2D eigenvalue weighted by atomic mass is 9.98. The number of hydrogen-bond donors (Lipinski definition) is 0. The van der Waals surface area contributed by atoms with E-state index in [1.165, 1.54) is 37.4 Å². The molecule has 164 valence electrons. The summed E-state index contributed by atoms with van der Waals surface area (Å²) in [5.41, 5.74) is 2.01. The molecule has 0 unspecified atom stereocenters. The van der Waals surface area contributed by atoms with Crippen LogP contribution in [0.15, 0.2) is 35.2 Å². The fourth-order valence-electron chi connectivity index (χ4n) is 4.23. The van der Waals surface area contributed by atoms with Crippen molar-refractivity contribution < 1.29 is 4.79 Å². The van der Waals surface area contributed by atoms with Gasteiger partial charge in [0.15, 0.2) is 0 Å². The van der Waals surface area contributed by atoms with Crippen LogP contribution >= 0.6 is 24.0 Å². The Balaban J connectivity index is 1.63. The van der Waals surface area contributed by atoms with E-state index in [-0.39, 0.29) is 5.91 Å². The number of aromatic nitrogens is 1. The lowest BCUT2D eigenvalue weighted by Gasteiger charge is -2.32. The van der Waals surface area contributed by atoms with E-state index in [0.717, 1.165) is 60.7 Å². The summed E-state index contributed by atoms with van der Waals surface area (Å²) in [5, 5.41) is 1.10. The van der Waals surface area contributed by atoms with Crippen molar-refractivity contribution in [1.82, 2.24) is 9.88 Å². The lowest BCUT2D eigenvalue weighted by molar-refractivity contribution is -0.122. The van der Waals surface area contributed by atoms with E-state index >= 15 is 0 Å². The highest BCUT2D eigenvalue weighted by atomic mass is 32.2. The maximum Gasteiger partial charge on any atom is 0.266 e. The Labute approximate surface area is 195 Å². The second-order valence-corrected chi connectivity index (χ2v) is 10.3. The number of hydrogen-bond acceptors (Lipinski definition) is 5. The van der Waals surface area contributed by atoms with Crippen molar-refractivity contribution in [2.75, 3.05) is 24.5 Å². The number of anilines is 1. The minimum absolute atomic E-state index is 0.0397. The standard InChI is InChI=1S/C25H31N3OS2/c1-3-4-5-8-13-28-24(29)22(31-25(28)30)17-20-16-19-9-6-7-10-21(19)26-23(20)27-14-11-18(2)12-15-27/h6-7,9-10,16-18H,3-5,8,11-15H2,1-2H3/b22-17-. The van der Waals surface area contributed by atoms with Crippen LogP contribution in [-0.2, 0) is 4.79 Å². The van der Waals surface area contributed by atoms with Gasteiger partial charge in [0, 0.05) is 30.6 Å². The summed E-state index contributed by atoms with van der Waals surface area (Å²) in [7, 11) is 0. The first-order valence-corrected chi connectivity index (χ1v) is 12.7. The summed E-state index contributed by atoms with van der Waals surface area (Å²) in [5.74, 6) is 1.78. The monoisotopic (exact) mass is 453 g/mol. The van der Waals surface area contributed by atoms with E-state index in [0.29, 0.717) is 9.23 Å².